The lowest BCUT2D eigenvalue weighted by Gasteiger charge is -2.44. The Bertz CT molecular complexity index is 1360. The molecule has 9 nitrogen and oxygen atoms in total. The molecule has 1 spiro atoms. The van der Waals surface area contributed by atoms with Crippen LogP contribution in [0, 0.1) is 17.0 Å². The van der Waals surface area contributed by atoms with Gasteiger partial charge >= 0.3 is 6.03 Å². The summed E-state index contributed by atoms with van der Waals surface area (Å²) in [5.74, 6) is -1.45. The van der Waals surface area contributed by atoms with Gasteiger partial charge in [-0.15, -0.1) is 0 Å². The van der Waals surface area contributed by atoms with Crippen molar-refractivity contribution in [2.24, 2.45) is 5.41 Å². The molecule has 41 heavy (non-hydrogen) atoms. The topological polar surface area (TPSA) is 111 Å². The first-order valence-corrected chi connectivity index (χ1v) is 15.7. The molecule has 12 heteroatoms. The molecule has 2 aromatic carbocycles. The first-order chi connectivity index (χ1) is 19.5. The number of benzene rings is 2. The number of aliphatic hydroxyl groups is 1. The maximum absolute atomic E-state index is 14.6. The lowest BCUT2D eigenvalue weighted by Crippen LogP contribution is -2.54. The van der Waals surface area contributed by atoms with Gasteiger partial charge in [-0.25, -0.2) is 26.7 Å². The van der Waals surface area contributed by atoms with Gasteiger partial charge in [-0.1, -0.05) is 18.9 Å². The Labute approximate surface area is 239 Å². The van der Waals surface area contributed by atoms with Gasteiger partial charge in [-0.2, -0.15) is 0 Å². The van der Waals surface area contributed by atoms with Crippen molar-refractivity contribution in [3.63, 3.8) is 0 Å². The van der Waals surface area contributed by atoms with E-state index in [0.717, 1.165) is 37.8 Å². The number of amides is 2. The number of aliphatic hydroxyl groups excluding tert-OH is 1. The summed E-state index contributed by atoms with van der Waals surface area (Å²) >= 11 is 0. The van der Waals surface area contributed by atoms with E-state index in [-0.39, 0.29) is 48.0 Å². The van der Waals surface area contributed by atoms with E-state index >= 15 is 0 Å². The summed E-state index contributed by atoms with van der Waals surface area (Å²) in [5, 5.41) is 13.7. The van der Waals surface area contributed by atoms with E-state index in [2.05, 4.69) is 10.0 Å². The number of sulfonamides is 1. The molecular formula is C29H38F2N4O5S. The number of likely N-dealkylation sites (tertiary alicyclic amines) is 1. The molecule has 0 radical (unpaired) electrons. The Morgan fingerprint density at radius 1 is 1.12 bits per heavy atom. The van der Waals surface area contributed by atoms with Crippen LogP contribution in [0.2, 0.25) is 0 Å². The van der Waals surface area contributed by atoms with E-state index in [1.807, 2.05) is 16.8 Å². The van der Waals surface area contributed by atoms with Crippen molar-refractivity contribution in [1.29, 1.82) is 0 Å². The van der Waals surface area contributed by atoms with E-state index in [1.165, 1.54) is 24.3 Å². The molecule has 1 atom stereocenters. The van der Waals surface area contributed by atoms with Crippen molar-refractivity contribution < 1.29 is 31.8 Å². The van der Waals surface area contributed by atoms with Crippen molar-refractivity contribution >= 4 is 16.1 Å². The van der Waals surface area contributed by atoms with Gasteiger partial charge in [0.05, 0.1) is 12.7 Å². The minimum absolute atomic E-state index is 0.0391. The maximum Gasteiger partial charge on any atom is 0.317 e. The summed E-state index contributed by atoms with van der Waals surface area (Å²) in [6.07, 6.45) is 4.57. The van der Waals surface area contributed by atoms with Crippen molar-refractivity contribution in [3.8, 4) is 16.9 Å². The van der Waals surface area contributed by atoms with Crippen LogP contribution >= 0.6 is 0 Å². The number of likely N-dealkylation sites (N-methyl/N-ethyl adjacent to an activating group) is 1. The van der Waals surface area contributed by atoms with Crippen LogP contribution in [-0.4, -0.2) is 87.9 Å². The van der Waals surface area contributed by atoms with Crippen LogP contribution in [0.15, 0.2) is 41.3 Å². The third-order valence-electron chi connectivity index (χ3n) is 8.44. The summed E-state index contributed by atoms with van der Waals surface area (Å²) in [4.78, 5) is 16.6. The summed E-state index contributed by atoms with van der Waals surface area (Å²) in [6, 6.07) is 7.62. The number of hydrogen-bond acceptors (Lipinski definition) is 6. The third kappa shape index (κ3) is 6.99. The second kappa shape index (κ2) is 12.2. The van der Waals surface area contributed by atoms with Crippen molar-refractivity contribution in [1.82, 2.24) is 19.8 Å². The summed E-state index contributed by atoms with van der Waals surface area (Å²) in [7, 11) is -2.21. The highest BCUT2D eigenvalue weighted by molar-refractivity contribution is 7.89. The zero-order chi connectivity index (χ0) is 29.2. The predicted molar refractivity (Wildman–Crippen MR) is 150 cm³/mol. The minimum Gasteiger partial charge on any atom is -0.492 e. The fraction of sp³-hybridized carbons (Fsp3) is 0.552. The molecule has 0 bridgehead atoms. The van der Waals surface area contributed by atoms with Crippen molar-refractivity contribution in [3.05, 3.63) is 48.0 Å². The quantitative estimate of drug-likeness (QED) is 0.494. The molecule has 2 heterocycles. The van der Waals surface area contributed by atoms with E-state index in [9.17, 15) is 27.1 Å². The number of nitrogens with one attached hydrogen (secondary N) is 2. The second-order valence-electron chi connectivity index (χ2n) is 11.7. The second-order valence-corrected chi connectivity index (χ2v) is 13.4. The average Bonchev–Trinajstić information content (AvgIpc) is 3.43. The Morgan fingerprint density at radius 3 is 2.56 bits per heavy atom. The van der Waals surface area contributed by atoms with Gasteiger partial charge in [-0.3, -0.25) is 0 Å². The monoisotopic (exact) mass is 592 g/mol. The highest BCUT2D eigenvalue weighted by Gasteiger charge is 2.39. The standard InChI is InChI=1S/C29H38F2N4O5S/c1-34-17-23(36)16-32-41(38,39)27-9-6-20(24-8-7-21(30)15-25(24)31)14-26(27)40-19-29(18-34)10-12-35(13-11-29)28(37)33-22-4-2-3-5-22/h6-9,14-15,22-23,32,36H,2-5,10-13,16-19H2,1H3,(H,33,37). The van der Waals surface area contributed by atoms with Crippen LogP contribution in [0.3, 0.4) is 0 Å². The van der Waals surface area contributed by atoms with Gasteiger partial charge in [0.1, 0.15) is 22.3 Å². The number of piperidine rings is 1. The Kier molecular flexibility index (Phi) is 8.84. The van der Waals surface area contributed by atoms with Crippen LogP contribution in [0.25, 0.3) is 11.1 Å². The number of urea groups is 1. The summed E-state index contributed by atoms with van der Waals surface area (Å²) < 4.78 is 63.3. The first kappa shape index (κ1) is 29.7. The highest BCUT2D eigenvalue weighted by atomic mass is 32.2. The fourth-order valence-electron chi connectivity index (χ4n) is 6.18. The molecule has 1 unspecified atom stereocenters. The molecule has 2 aromatic rings. The molecule has 5 rings (SSSR count). The molecule has 2 amide bonds. The zero-order valence-electron chi connectivity index (χ0n) is 23.2. The Hall–Kier alpha value is -2.80. The molecule has 0 aromatic heterocycles. The molecule has 1 saturated carbocycles. The Morgan fingerprint density at radius 2 is 1.85 bits per heavy atom. The van der Waals surface area contributed by atoms with Crippen LogP contribution in [-0.2, 0) is 10.0 Å². The third-order valence-corrected chi connectivity index (χ3v) is 9.90. The van der Waals surface area contributed by atoms with Crippen LogP contribution in [0.1, 0.15) is 38.5 Å². The molecule has 1 aliphatic carbocycles. The molecule has 3 N–H and O–H groups in total. The van der Waals surface area contributed by atoms with E-state index in [0.29, 0.717) is 38.0 Å². The molecule has 2 aliphatic heterocycles. The van der Waals surface area contributed by atoms with Crippen LogP contribution in [0.5, 0.6) is 5.75 Å². The lowest BCUT2D eigenvalue weighted by atomic mass is 9.78. The van der Waals surface area contributed by atoms with Gasteiger partial charge in [0.15, 0.2) is 0 Å². The number of hydrogen-bond donors (Lipinski definition) is 3. The maximum atomic E-state index is 14.6. The highest BCUT2D eigenvalue weighted by Crippen LogP contribution is 2.37. The van der Waals surface area contributed by atoms with Gasteiger partial charge in [-0.05, 0) is 62.6 Å². The van der Waals surface area contributed by atoms with E-state index in [4.69, 9.17) is 4.74 Å². The Balaban J connectivity index is 1.42. The number of carbonyl (C=O) groups excluding carboxylic acids is 1. The van der Waals surface area contributed by atoms with Crippen LogP contribution < -0.4 is 14.8 Å². The van der Waals surface area contributed by atoms with E-state index < -0.39 is 33.2 Å². The molecule has 224 valence electrons. The fourth-order valence-corrected chi connectivity index (χ4v) is 7.38. The van der Waals surface area contributed by atoms with Crippen LogP contribution in [0.4, 0.5) is 13.6 Å². The van der Waals surface area contributed by atoms with Crippen molar-refractivity contribution in [2.75, 3.05) is 46.4 Å². The SMILES string of the molecule is CN1CC(O)CNS(=O)(=O)c2ccc(-c3ccc(F)cc3F)cc2OCC2(CCN(C(=O)NC3CCCC3)CC2)C1. The van der Waals surface area contributed by atoms with E-state index in [1.54, 1.807) is 0 Å². The molecule has 3 aliphatic rings. The molecule has 2 fully saturated rings. The largest absolute Gasteiger partial charge is 0.492 e. The molecule has 1 saturated heterocycles. The van der Waals surface area contributed by atoms with Gasteiger partial charge in [0.25, 0.3) is 0 Å². The number of carbonyl (C=O) groups is 1. The summed E-state index contributed by atoms with van der Waals surface area (Å²) in [6.45, 7) is 1.83. The number of ether oxygens (including phenoxy) is 1. The number of rotatable bonds is 2. The van der Waals surface area contributed by atoms with Gasteiger partial charge in [0, 0.05) is 55.8 Å². The minimum atomic E-state index is -4.08. The lowest BCUT2D eigenvalue weighted by molar-refractivity contribution is 0.0241. The van der Waals surface area contributed by atoms with Crippen molar-refractivity contribution in [2.45, 2.75) is 55.6 Å². The van der Waals surface area contributed by atoms with Gasteiger partial charge < -0.3 is 25.0 Å². The summed E-state index contributed by atoms with van der Waals surface area (Å²) in [5.41, 5.74) is 0.0255. The first-order valence-electron chi connectivity index (χ1n) is 14.2. The number of halogens is 2. The zero-order valence-corrected chi connectivity index (χ0v) is 24.1. The smallest absolute Gasteiger partial charge is 0.317 e. The number of nitrogens with zero attached hydrogens (tertiary/aromatic N) is 2. The predicted octanol–water partition coefficient (Wildman–Crippen LogP) is 3.33. The molecular weight excluding hydrogens is 554 g/mol. The van der Waals surface area contributed by atoms with Gasteiger partial charge in [0.2, 0.25) is 10.0 Å². The number of β-amino-alcohol motifs (C(OH)–C–C–N with tert-alkyl or cyclic N) is 1. The average molecular weight is 593 g/mol. The number of fused-ring (bicyclic) bond motifs is 1. The normalized spacial score (nSPS) is 23.7.